The lowest BCUT2D eigenvalue weighted by molar-refractivity contribution is 0.292. The van der Waals surface area contributed by atoms with Crippen LogP contribution in [0.3, 0.4) is 0 Å². The summed E-state index contributed by atoms with van der Waals surface area (Å²) in [7, 11) is 0. The fourth-order valence-electron chi connectivity index (χ4n) is 2.67. The first-order valence-corrected chi connectivity index (χ1v) is 9.77. The fourth-order valence-corrected chi connectivity index (χ4v) is 3.20. The third-order valence-electron chi connectivity index (χ3n) is 4.10. The van der Waals surface area contributed by atoms with E-state index in [1.165, 1.54) is 0 Å². The maximum absolute atomic E-state index is 9.00. The number of hydrogen-bond acceptors (Lipinski definition) is 6. The Bertz CT molecular complexity index is 998. The van der Waals surface area contributed by atoms with E-state index in [0.29, 0.717) is 46.8 Å². The monoisotopic (exact) mass is 427 g/mol. The van der Waals surface area contributed by atoms with Crippen molar-refractivity contribution < 1.29 is 5.11 Å². The second-order valence-electron chi connectivity index (χ2n) is 6.26. The van der Waals surface area contributed by atoms with Crippen molar-refractivity contribution in [2.45, 2.75) is 12.8 Å². The Morgan fingerprint density at radius 1 is 1.03 bits per heavy atom. The van der Waals surface area contributed by atoms with Crippen molar-refractivity contribution in [1.29, 1.82) is 5.26 Å². The van der Waals surface area contributed by atoms with E-state index in [-0.39, 0.29) is 6.61 Å². The van der Waals surface area contributed by atoms with Crippen LogP contribution in [0, 0.1) is 11.3 Å². The van der Waals surface area contributed by atoms with Crippen LogP contribution < -0.4 is 10.6 Å². The van der Waals surface area contributed by atoms with Crippen molar-refractivity contribution in [3.8, 4) is 6.07 Å². The van der Waals surface area contributed by atoms with E-state index in [2.05, 4.69) is 26.7 Å². The second kappa shape index (κ2) is 10.1. The number of anilines is 3. The van der Waals surface area contributed by atoms with Crippen LogP contribution in [0.15, 0.2) is 48.5 Å². The van der Waals surface area contributed by atoms with Gasteiger partial charge in [0.1, 0.15) is 5.82 Å². The van der Waals surface area contributed by atoms with Gasteiger partial charge in [-0.3, -0.25) is 0 Å². The first-order chi connectivity index (χ1) is 14.1. The number of nitriles is 1. The van der Waals surface area contributed by atoms with Gasteiger partial charge in [0, 0.05) is 41.4 Å². The van der Waals surface area contributed by atoms with Crippen molar-refractivity contribution in [3.05, 3.63) is 75.4 Å². The molecule has 0 bridgehead atoms. The third kappa shape index (κ3) is 5.81. The number of aliphatic hydroxyl groups is 1. The predicted octanol–water partition coefficient (Wildman–Crippen LogP) is 4.78. The van der Waals surface area contributed by atoms with E-state index >= 15 is 0 Å². The average Bonchev–Trinajstić information content (AvgIpc) is 2.72. The largest absolute Gasteiger partial charge is 0.396 e. The Kier molecular flexibility index (Phi) is 7.25. The van der Waals surface area contributed by atoms with Gasteiger partial charge in [0.15, 0.2) is 0 Å². The summed E-state index contributed by atoms with van der Waals surface area (Å²) in [4.78, 5) is 9.03. The highest BCUT2D eigenvalue weighted by molar-refractivity contribution is 6.36. The topological polar surface area (TPSA) is 93.9 Å². The average molecular weight is 428 g/mol. The summed E-state index contributed by atoms with van der Waals surface area (Å²) in [5, 5.41) is 25.4. The number of nitrogens with one attached hydrogen (secondary N) is 2. The van der Waals surface area contributed by atoms with Gasteiger partial charge in [0.05, 0.1) is 17.3 Å². The van der Waals surface area contributed by atoms with E-state index in [1.54, 1.807) is 30.3 Å². The quantitative estimate of drug-likeness (QED) is 0.447. The van der Waals surface area contributed by atoms with Gasteiger partial charge in [-0.1, -0.05) is 29.3 Å². The summed E-state index contributed by atoms with van der Waals surface area (Å²) < 4.78 is 0. The molecule has 0 unspecified atom stereocenters. The molecule has 0 aliphatic carbocycles. The van der Waals surface area contributed by atoms with Gasteiger partial charge in [-0.25, -0.2) is 4.98 Å². The zero-order chi connectivity index (χ0) is 20.6. The van der Waals surface area contributed by atoms with Crippen LogP contribution in [0.1, 0.15) is 23.2 Å². The molecule has 0 fully saturated rings. The predicted molar refractivity (Wildman–Crippen MR) is 116 cm³/mol. The maximum atomic E-state index is 9.00. The zero-order valence-electron chi connectivity index (χ0n) is 15.5. The second-order valence-corrected chi connectivity index (χ2v) is 7.08. The molecule has 0 atom stereocenters. The van der Waals surface area contributed by atoms with E-state index < -0.39 is 0 Å². The highest BCUT2D eigenvalue weighted by Gasteiger charge is 2.11. The van der Waals surface area contributed by atoms with Gasteiger partial charge in [0.25, 0.3) is 0 Å². The lowest BCUT2D eigenvalue weighted by Gasteiger charge is -2.12. The summed E-state index contributed by atoms with van der Waals surface area (Å²) in [5.41, 5.74) is 2.90. The normalized spacial score (nSPS) is 10.4. The molecule has 148 valence electrons. The molecule has 2 aromatic carbocycles. The van der Waals surface area contributed by atoms with Crippen LogP contribution >= 0.6 is 23.2 Å². The van der Waals surface area contributed by atoms with Crippen LogP contribution in [0.5, 0.6) is 0 Å². The molecule has 3 N–H and O–H groups in total. The molecule has 3 aromatic rings. The number of hydrogen-bond donors (Lipinski definition) is 3. The minimum atomic E-state index is 0.0816. The molecule has 29 heavy (non-hydrogen) atoms. The Morgan fingerprint density at radius 2 is 1.76 bits per heavy atom. The fraction of sp³-hybridized carbons (Fsp3) is 0.190. The smallest absolute Gasteiger partial charge is 0.224 e. The van der Waals surface area contributed by atoms with Crippen LogP contribution in [0.25, 0.3) is 0 Å². The first-order valence-electron chi connectivity index (χ1n) is 9.02. The molecule has 6 nitrogen and oxygen atoms in total. The molecule has 1 aromatic heterocycles. The number of benzene rings is 2. The Balaban J connectivity index is 1.89. The summed E-state index contributed by atoms with van der Waals surface area (Å²) in [6.45, 7) is 0.626. The van der Waals surface area contributed by atoms with Crippen LogP contribution in [0.4, 0.5) is 17.5 Å². The number of aliphatic hydroxyl groups excluding tert-OH is 1. The lowest BCUT2D eigenvalue weighted by Crippen LogP contribution is -2.10. The van der Waals surface area contributed by atoms with E-state index in [9.17, 15) is 0 Å². The van der Waals surface area contributed by atoms with E-state index in [1.807, 2.05) is 18.2 Å². The summed E-state index contributed by atoms with van der Waals surface area (Å²) in [6, 6.07) is 16.4. The summed E-state index contributed by atoms with van der Waals surface area (Å²) in [6.07, 6.45) is 1.03. The maximum Gasteiger partial charge on any atom is 0.224 e. The molecule has 0 spiro atoms. The standard InChI is InChI=1S/C21H19Cl2N5O/c22-18-3-1-4-19(23)17(18)11-16-12-20(28-21(27-16)25-9-2-10-29)26-15-7-5-14(13-24)6-8-15/h1,3-8,12,29H,2,9-11H2,(H2,25,26,27,28). The van der Waals surface area contributed by atoms with Gasteiger partial charge in [-0.2, -0.15) is 10.2 Å². The molecule has 0 amide bonds. The van der Waals surface area contributed by atoms with Gasteiger partial charge in [0.2, 0.25) is 5.95 Å². The van der Waals surface area contributed by atoms with Gasteiger partial charge < -0.3 is 15.7 Å². The molecule has 1 heterocycles. The molecule has 0 aliphatic rings. The highest BCUT2D eigenvalue weighted by Crippen LogP contribution is 2.27. The lowest BCUT2D eigenvalue weighted by atomic mass is 10.1. The Hall–Kier alpha value is -2.85. The number of halogens is 2. The summed E-state index contributed by atoms with van der Waals surface area (Å²) >= 11 is 12.6. The van der Waals surface area contributed by atoms with Gasteiger partial charge >= 0.3 is 0 Å². The molecular weight excluding hydrogens is 409 g/mol. The van der Waals surface area contributed by atoms with E-state index in [0.717, 1.165) is 16.9 Å². The van der Waals surface area contributed by atoms with Crippen LogP contribution in [0.2, 0.25) is 10.0 Å². The first kappa shape index (κ1) is 20.9. The zero-order valence-corrected chi connectivity index (χ0v) is 17.0. The molecule has 0 aliphatic heterocycles. The van der Waals surface area contributed by atoms with Crippen molar-refractivity contribution in [3.63, 3.8) is 0 Å². The molecule has 8 heteroatoms. The van der Waals surface area contributed by atoms with Crippen molar-refractivity contribution in [1.82, 2.24) is 9.97 Å². The third-order valence-corrected chi connectivity index (χ3v) is 4.81. The number of rotatable bonds is 8. The highest BCUT2D eigenvalue weighted by atomic mass is 35.5. The SMILES string of the molecule is N#Cc1ccc(Nc2cc(Cc3c(Cl)cccc3Cl)nc(NCCCO)n2)cc1. The van der Waals surface area contributed by atoms with E-state index in [4.69, 9.17) is 33.6 Å². The van der Waals surface area contributed by atoms with Crippen molar-refractivity contribution in [2.75, 3.05) is 23.8 Å². The van der Waals surface area contributed by atoms with Gasteiger partial charge in [-0.15, -0.1) is 0 Å². The van der Waals surface area contributed by atoms with Gasteiger partial charge in [-0.05, 0) is 48.4 Å². The number of aromatic nitrogens is 2. The van der Waals surface area contributed by atoms with Crippen molar-refractivity contribution in [2.24, 2.45) is 0 Å². The summed E-state index contributed by atoms with van der Waals surface area (Å²) in [5.74, 6) is 1.03. The molecule has 0 saturated heterocycles. The molecule has 0 radical (unpaired) electrons. The van der Waals surface area contributed by atoms with Crippen LogP contribution in [-0.2, 0) is 6.42 Å². The van der Waals surface area contributed by atoms with Crippen molar-refractivity contribution >= 4 is 40.7 Å². The minimum Gasteiger partial charge on any atom is -0.396 e. The molecule has 3 rings (SSSR count). The van der Waals surface area contributed by atoms with Crippen LogP contribution in [-0.4, -0.2) is 28.2 Å². The Morgan fingerprint density at radius 3 is 2.41 bits per heavy atom. The molecule has 0 saturated carbocycles. The Labute approximate surface area is 179 Å². The number of nitrogens with zero attached hydrogens (tertiary/aromatic N) is 3. The molecular formula is C21H19Cl2N5O. The minimum absolute atomic E-state index is 0.0816.